The van der Waals surface area contributed by atoms with Gasteiger partial charge in [0.15, 0.2) is 11.6 Å². The second-order valence-corrected chi connectivity index (χ2v) is 4.35. The Hall–Kier alpha value is -2.96. The number of aromatic amines is 2. The van der Waals surface area contributed by atoms with Crippen LogP contribution in [0.3, 0.4) is 0 Å². The predicted molar refractivity (Wildman–Crippen MR) is 82.0 cm³/mol. The normalized spacial score (nSPS) is 9.24. The maximum absolute atomic E-state index is 10.9. The number of carbonyl (C=O) groups is 2. The fourth-order valence-electron chi connectivity index (χ4n) is 1.05. The first kappa shape index (κ1) is 22.0. The highest BCUT2D eigenvalue weighted by molar-refractivity contribution is 5.71. The van der Waals surface area contributed by atoms with E-state index in [4.69, 9.17) is 14.9 Å². The van der Waals surface area contributed by atoms with Gasteiger partial charge in [-0.15, -0.1) is 20.4 Å². The topological polar surface area (TPSA) is 193 Å². The Kier molecular flexibility index (Phi) is 12.9. The SMILES string of the molecule is CCCO.CCCOC(=O)Cc1nn[nH]n1.O=C(O)Cc1nn[nH]n1. The Morgan fingerprint density at radius 3 is 1.88 bits per heavy atom. The molecule has 0 unspecified atom stereocenters. The van der Waals surface area contributed by atoms with Gasteiger partial charge in [-0.05, 0) is 12.8 Å². The van der Waals surface area contributed by atoms with Crippen LogP contribution in [-0.2, 0) is 27.2 Å². The molecule has 0 aromatic carbocycles. The third-order valence-corrected chi connectivity index (χ3v) is 2.08. The quantitative estimate of drug-likeness (QED) is 0.439. The minimum absolute atomic E-state index is 0.0799. The molecular formula is C12H22N8O5. The van der Waals surface area contributed by atoms with Gasteiger partial charge < -0.3 is 14.9 Å². The van der Waals surface area contributed by atoms with E-state index in [0.29, 0.717) is 19.0 Å². The number of hydrogen-bond acceptors (Lipinski definition) is 10. The smallest absolute Gasteiger partial charge is 0.313 e. The summed E-state index contributed by atoms with van der Waals surface area (Å²) in [6.45, 7) is 4.62. The van der Waals surface area contributed by atoms with Crippen molar-refractivity contribution in [3.8, 4) is 0 Å². The first-order chi connectivity index (χ1) is 12.0. The number of carbonyl (C=O) groups excluding carboxylic acids is 1. The van der Waals surface area contributed by atoms with Gasteiger partial charge in [0.05, 0.1) is 6.61 Å². The van der Waals surface area contributed by atoms with E-state index in [9.17, 15) is 9.59 Å². The highest BCUT2D eigenvalue weighted by Crippen LogP contribution is 1.90. The summed E-state index contributed by atoms with van der Waals surface area (Å²) in [6, 6.07) is 0. The summed E-state index contributed by atoms with van der Waals surface area (Å²) < 4.78 is 4.80. The van der Waals surface area contributed by atoms with Crippen LogP contribution in [0, 0.1) is 0 Å². The fraction of sp³-hybridized carbons (Fsp3) is 0.667. The van der Waals surface area contributed by atoms with E-state index in [1.165, 1.54) is 0 Å². The van der Waals surface area contributed by atoms with Gasteiger partial charge in [-0.3, -0.25) is 9.59 Å². The number of aromatic nitrogens is 8. The minimum atomic E-state index is -0.962. The fourth-order valence-corrected chi connectivity index (χ4v) is 1.05. The molecule has 0 aliphatic heterocycles. The Bertz CT molecular complexity index is 558. The van der Waals surface area contributed by atoms with Crippen LogP contribution >= 0.6 is 0 Å². The van der Waals surface area contributed by atoms with Crippen LogP contribution in [0.2, 0.25) is 0 Å². The molecule has 13 nitrogen and oxygen atoms in total. The molecule has 2 aromatic rings. The highest BCUT2D eigenvalue weighted by Gasteiger charge is 2.07. The molecule has 140 valence electrons. The lowest BCUT2D eigenvalue weighted by molar-refractivity contribution is -0.143. The molecule has 2 rings (SSSR count). The van der Waals surface area contributed by atoms with Crippen LogP contribution in [-0.4, -0.2) is 76.6 Å². The lowest BCUT2D eigenvalue weighted by Crippen LogP contribution is -2.09. The number of tetrazole rings is 2. The molecule has 0 radical (unpaired) electrons. The first-order valence-electron chi connectivity index (χ1n) is 7.46. The molecule has 0 spiro atoms. The summed E-state index contributed by atoms with van der Waals surface area (Å²) in [5, 5.41) is 41.0. The largest absolute Gasteiger partial charge is 0.481 e. The summed E-state index contributed by atoms with van der Waals surface area (Å²) in [7, 11) is 0. The number of rotatable bonds is 7. The molecule has 4 N–H and O–H groups in total. The van der Waals surface area contributed by atoms with Crippen LogP contribution in [0.5, 0.6) is 0 Å². The van der Waals surface area contributed by atoms with Gasteiger partial charge in [-0.25, -0.2) is 0 Å². The number of nitrogens with zero attached hydrogens (tertiary/aromatic N) is 6. The molecular weight excluding hydrogens is 336 g/mol. The first-order valence-corrected chi connectivity index (χ1v) is 7.46. The van der Waals surface area contributed by atoms with E-state index in [1.54, 1.807) is 0 Å². The molecule has 13 heteroatoms. The Morgan fingerprint density at radius 2 is 1.52 bits per heavy atom. The molecule has 2 aromatic heterocycles. The van der Waals surface area contributed by atoms with E-state index in [0.717, 1.165) is 12.8 Å². The van der Waals surface area contributed by atoms with E-state index in [-0.39, 0.29) is 24.6 Å². The van der Waals surface area contributed by atoms with E-state index in [2.05, 4.69) is 41.2 Å². The summed E-state index contributed by atoms with van der Waals surface area (Å²) in [4.78, 5) is 20.9. The second-order valence-electron chi connectivity index (χ2n) is 4.35. The zero-order chi connectivity index (χ0) is 18.9. The van der Waals surface area contributed by atoms with Gasteiger partial charge in [-0.1, -0.05) is 24.3 Å². The maximum Gasteiger partial charge on any atom is 0.313 e. The average molecular weight is 358 g/mol. The number of carboxylic acid groups (broad SMARTS) is 1. The van der Waals surface area contributed by atoms with Crippen molar-refractivity contribution in [2.45, 2.75) is 39.5 Å². The lowest BCUT2D eigenvalue weighted by Gasteiger charge is -1.98. The standard InChI is InChI=1S/C6H10N4O2.C3H4N4O2.C3H8O/c1-2-3-12-6(11)4-5-7-9-10-8-5;8-3(9)1-2-4-6-7-5-2;1-2-3-4/h2-4H2,1H3,(H,7,8,9,10);1H2,(H,8,9)(H,4,5,6,7);4H,2-3H2,1H3. The van der Waals surface area contributed by atoms with Crippen LogP contribution < -0.4 is 0 Å². The third-order valence-electron chi connectivity index (χ3n) is 2.08. The molecule has 25 heavy (non-hydrogen) atoms. The van der Waals surface area contributed by atoms with Crippen LogP contribution in [0.1, 0.15) is 38.3 Å². The number of nitrogens with one attached hydrogen (secondary N) is 2. The summed E-state index contributed by atoms with van der Waals surface area (Å²) in [5.74, 6) is -0.728. The molecule has 0 saturated carbocycles. The van der Waals surface area contributed by atoms with Crippen LogP contribution in [0.15, 0.2) is 0 Å². The van der Waals surface area contributed by atoms with Gasteiger partial charge in [0.2, 0.25) is 0 Å². The van der Waals surface area contributed by atoms with Crippen molar-refractivity contribution in [3.05, 3.63) is 11.6 Å². The Labute approximate surface area is 143 Å². The minimum Gasteiger partial charge on any atom is -0.481 e. The van der Waals surface area contributed by atoms with E-state index < -0.39 is 5.97 Å². The zero-order valence-corrected chi connectivity index (χ0v) is 14.0. The molecule has 0 aliphatic rings. The molecule has 2 heterocycles. The number of hydrogen-bond donors (Lipinski definition) is 4. The van der Waals surface area contributed by atoms with Crippen molar-refractivity contribution >= 4 is 11.9 Å². The molecule has 0 fully saturated rings. The summed E-state index contributed by atoms with van der Waals surface area (Å²) in [6.07, 6.45) is 1.59. The van der Waals surface area contributed by atoms with Gasteiger partial charge in [0, 0.05) is 6.61 Å². The van der Waals surface area contributed by atoms with Crippen molar-refractivity contribution < 1.29 is 24.5 Å². The third kappa shape index (κ3) is 13.2. The van der Waals surface area contributed by atoms with Crippen molar-refractivity contribution in [3.63, 3.8) is 0 Å². The maximum atomic E-state index is 10.9. The molecule has 0 bridgehead atoms. The zero-order valence-electron chi connectivity index (χ0n) is 14.0. The number of ether oxygens (including phenoxy) is 1. The molecule has 0 atom stereocenters. The number of aliphatic hydroxyl groups is 1. The van der Waals surface area contributed by atoms with Gasteiger partial charge in [0.25, 0.3) is 0 Å². The number of H-pyrrole nitrogens is 2. The Morgan fingerprint density at radius 1 is 1.00 bits per heavy atom. The Balaban J connectivity index is 0.000000391. The number of esters is 1. The monoisotopic (exact) mass is 358 g/mol. The average Bonchev–Trinajstić information content (AvgIpc) is 3.27. The van der Waals surface area contributed by atoms with Crippen molar-refractivity contribution in [1.29, 1.82) is 0 Å². The number of aliphatic carboxylic acids is 1. The molecule has 0 aliphatic carbocycles. The predicted octanol–water partition coefficient (Wildman–Crippen LogP) is -1.09. The summed E-state index contributed by atoms with van der Waals surface area (Å²) in [5.41, 5.74) is 0. The van der Waals surface area contributed by atoms with Crippen molar-refractivity contribution in [2.75, 3.05) is 13.2 Å². The number of carboxylic acids is 1. The van der Waals surface area contributed by atoms with Crippen molar-refractivity contribution in [2.24, 2.45) is 0 Å². The summed E-state index contributed by atoms with van der Waals surface area (Å²) >= 11 is 0. The second kappa shape index (κ2) is 14.6. The lowest BCUT2D eigenvalue weighted by atomic mass is 10.4. The van der Waals surface area contributed by atoms with Crippen LogP contribution in [0.4, 0.5) is 0 Å². The van der Waals surface area contributed by atoms with Gasteiger partial charge in [-0.2, -0.15) is 10.4 Å². The molecule has 0 amide bonds. The molecule has 0 saturated heterocycles. The van der Waals surface area contributed by atoms with E-state index in [1.807, 2.05) is 13.8 Å². The van der Waals surface area contributed by atoms with Gasteiger partial charge in [0.1, 0.15) is 12.8 Å². The highest BCUT2D eigenvalue weighted by atomic mass is 16.5. The van der Waals surface area contributed by atoms with Crippen molar-refractivity contribution in [1.82, 2.24) is 41.2 Å². The van der Waals surface area contributed by atoms with E-state index >= 15 is 0 Å². The van der Waals surface area contributed by atoms with Crippen LogP contribution in [0.25, 0.3) is 0 Å². The number of aliphatic hydroxyl groups excluding tert-OH is 1. The van der Waals surface area contributed by atoms with Gasteiger partial charge >= 0.3 is 11.9 Å².